The van der Waals surface area contributed by atoms with Crippen molar-refractivity contribution in [3.63, 3.8) is 0 Å². The van der Waals surface area contributed by atoms with Crippen molar-refractivity contribution in [1.82, 2.24) is 20.6 Å². The van der Waals surface area contributed by atoms with Crippen molar-refractivity contribution in [3.8, 4) is 0 Å². The number of carbonyl (C=O) groups excluding carboxylic acids is 2. The van der Waals surface area contributed by atoms with E-state index in [-0.39, 0.29) is 47.6 Å². The van der Waals surface area contributed by atoms with Gasteiger partial charge in [-0.2, -0.15) is 13.2 Å². The molecule has 9 nitrogen and oxygen atoms in total. The fourth-order valence-electron chi connectivity index (χ4n) is 3.40. The standard InChI is InChI=1S/C26H27ClF4N6O3/c1-32-18-9-16(12-33-13-18)25(39)34-6-2-7-40-8-5-24(38)36-15-23-21(28)11-19(14-35-23)37-22-4-3-17(27)10-20(22)26(29,30)31/h3-4,9-14,32,37H,2,5-8,15H2,1H3,(H,34,39)(H,36,38). The number of alkyl halides is 3. The maximum atomic E-state index is 14.5. The third kappa shape index (κ3) is 9.35. The first-order valence-electron chi connectivity index (χ1n) is 12.1. The largest absolute Gasteiger partial charge is 0.418 e. The molecule has 0 atom stereocenters. The molecule has 2 amide bonds. The Balaban J connectivity index is 1.35. The molecule has 2 aromatic heterocycles. The highest BCUT2D eigenvalue weighted by molar-refractivity contribution is 6.30. The highest BCUT2D eigenvalue weighted by Gasteiger charge is 2.34. The molecule has 3 aromatic rings. The third-order valence-corrected chi connectivity index (χ3v) is 5.69. The summed E-state index contributed by atoms with van der Waals surface area (Å²) in [6, 6.07) is 5.84. The SMILES string of the molecule is CNc1cncc(C(=O)NCCCOCCC(=O)NCc2ncc(Nc3ccc(Cl)cc3C(F)(F)F)cc2F)c1. The highest BCUT2D eigenvalue weighted by Crippen LogP contribution is 2.37. The van der Waals surface area contributed by atoms with Crippen molar-refractivity contribution in [2.75, 3.05) is 37.4 Å². The lowest BCUT2D eigenvalue weighted by Crippen LogP contribution is -2.26. The number of rotatable bonds is 13. The van der Waals surface area contributed by atoms with Crippen LogP contribution in [-0.4, -0.2) is 48.6 Å². The van der Waals surface area contributed by atoms with Crippen molar-refractivity contribution in [1.29, 1.82) is 0 Å². The van der Waals surface area contributed by atoms with Crippen LogP contribution in [0.25, 0.3) is 0 Å². The Morgan fingerprint density at radius 2 is 1.82 bits per heavy atom. The van der Waals surface area contributed by atoms with Gasteiger partial charge in [0, 0.05) is 50.1 Å². The van der Waals surface area contributed by atoms with Gasteiger partial charge in [-0.05, 0) is 30.7 Å². The van der Waals surface area contributed by atoms with Gasteiger partial charge in [0.15, 0.2) is 0 Å². The van der Waals surface area contributed by atoms with E-state index in [2.05, 4.69) is 31.2 Å². The van der Waals surface area contributed by atoms with Gasteiger partial charge in [0.25, 0.3) is 5.91 Å². The van der Waals surface area contributed by atoms with Crippen molar-refractivity contribution in [2.45, 2.75) is 25.6 Å². The van der Waals surface area contributed by atoms with Gasteiger partial charge in [-0.1, -0.05) is 11.6 Å². The first kappa shape index (κ1) is 30.6. The van der Waals surface area contributed by atoms with E-state index in [0.717, 1.165) is 30.1 Å². The number of hydrogen-bond acceptors (Lipinski definition) is 7. The molecule has 14 heteroatoms. The number of hydrogen-bond donors (Lipinski definition) is 4. The molecule has 0 radical (unpaired) electrons. The molecule has 0 spiro atoms. The molecule has 214 valence electrons. The summed E-state index contributed by atoms with van der Waals surface area (Å²) in [5, 5.41) is 10.6. The van der Waals surface area contributed by atoms with E-state index in [0.29, 0.717) is 25.1 Å². The summed E-state index contributed by atoms with van der Waals surface area (Å²) in [6.07, 6.45) is 0.112. The maximum Gasteiger partial charge on any atom is 0.418 e. The second-order valence-corrected chi connectivity index (χ2v) is 8.86. The molecule has 0 unspecified atom stereocenters. The molecule has 4 N–H and O–H groups in total. The first-order chi connectivity index (χ1) is 19.1. The number of pyridine rings is 2. The topological polar surface area (TPSA) is 117 Å². The number of benzene rings is 1. The molecule has 2 heterocycles. The summed E-state index contributed by atoms with van der Waals surface area (Å²) in [5.41, 5.74) is -0.251. The molecule has 0 aliphatic carbocycles. The zero-order chi connectivity index (χ0) is 29.1. The van der Waals surface area contributed by atoms with Crippen LogP contribution in [-0.2, 0) is 22.3 Å². The number of carbonyl (C=O) groups is 2. The molecule has 3 rings (SSSR count). The normalized spacial score (nSPS) is 11.2. The number of halogens is 5. The average Bonchev–Trinajstić information content (AvgIpc) is 2.92. The van der Waals surface area contributed by atoms with Gasteiger partial charge in [-0.3, -0.25) is 19.6 Å². The Morgan fingerprint density at radius 3 is 2.55 bits per heavy atom. The van der Waals surface area contributed by atoms with E-state index in [1.54, 1.807) is 19.3 Å². The van der Waals surface area contributed by atoms with Crippen LogP contribution in [0.3, 0.4) is 0 Å². The summed E-state index contributed by atoms with van der Waals surface area (Å²) in [7, 11) is 1.73. The zero-order valence-electron chi connectivity index (χ0n) is 21.4. The van der Waals surface area contributed by atoms with E-state index in [1.807, 2.05) is 0 Å². The Labute approximate surface area is 232 Å². The Kier molecular flexibility index (Phi) is 11.0. The van der Waals surface area contributed by atoms with Crippen molar-refractivity contribution < 1.29 is 31.9 Å². The lowest BCUT2D eigenvalue weighted by atomic mass is 10.1. The van der Waals surface area contributed by atoms with Gasteiger partial charge in [-0.15, -0.1) is 0 Å². The number of nitrogens with zero attached hydrogens (tertiary/aromatic N) is 2. The second kappa shape index (κ2) is 14.4. The Hall–Kier alpha value is -3.97. The predicted molar refractivity (Wildman–Crippen MR) is 142 cm³/mol. The number of anilines is 3. The van der Waals surface area contributed by atoms with Gasteiger partial charge in [0.2, 0.25) is 5.91 Å². The monoisotopic (exact) mass is 582 g/mol. The molecule has 0 saturated carbocycles. The van der Waals surface area contributed by atoms with E-state index in [1.165, 1.54) is 12.3 Å². The molecule has 1 aromatic carbocycles. The number of nitrogens with one attached hydrogen (secondary N) is 4. The van der Waals surface area contributed by atoms with E-state index in [9.17, 15) is 27.2 Å². The number of amides is 2. The van der Waals surface area contributed by atoms with Gasteiger partial charge in [-0.25, -0.2) is 4.39 Å². The highest BCUT2D eigenvalue weighted by atomic mass is 35.5. The van der Waals surface area contributed by atoms with Crippen molar-refractivity contribution in [3.05, 3.63) is 76.6 Å². The maximum absolute atomic E-state index is 14.5. The van der Waals surface area contributed by atoms with Crippen LogP contribution < -0.4 is 21.3 Å². The smallest absolute Gasteiger partial charge is 0.387 e. The minimum atomic E-state index is -4.67. The van der Waals surface area contributed by atoms with Crippen LogP contribution in [0.15, 0.2) is 48.9 Å². The fourth-order valence-corrected chi connectivity index (χ4v) is 3.57. The lowest BCUT2D eigenvalue weighted by Gasteiger charge is -2.15. The first-order valence-corrected chi connectivity index (χ1v) is 12.5. The molecule has 0 saturated heterocycles. The molecule has 40 heavy (non-hydrogen) atoms. The molecule has 0 fully saturated rings. The summed E-state index contributed by atoms with van der Waals surface area (Å²) in [5.74, 6) is -1.46. The quantitative estimate of drug-likeness (QED) is 0.167. The van der Waals surface area contributed by atoms with Crippen LogP contribution in [0.1, 0.15) is 34.5 Å². The van der Waals surface area contributed by atoms with Crippen LogP contribution in [0.5, 0.6) is 0 Å². The van der Waals surface area contributed by atoms with Crippen molar-refractivity contribution in [2.24, 2.45) is 0 Å². The summed E-state index contributed by atoms with van der Waals surface area (Å²) in [6.45, 7) is 0.599. The molecular formula is C26H27ClF4N6O3. The predicted octanol–water partition coefficient (Wildman–Crippen LogP) is 4.92. The summed E-state index contributed by atoms with van der Waals surface area (Å²) >= 11 is 5.67. The van der Waals surface area contributed by atoms with Crippen molar-refractivity contribution >= 4 is 40.5 Å². The van der Waals surface area contributed by atoms with E-state index < -0.39 is 23.5 Å². The van der Waals surface area contributed by atoms with E-state index >= 15 is 0 Å². The zero-order valence-corrected chi connectivity index (χ0v) is 22.1. The lowest BCUT2D eigenvalue weighted by molar-refractivity contribution is -0.137. The second-order valence-electron chi connectivity index (χ2n) is 8.43. The van der Waals surface area contributed by atoms with Crippen LogP contribution >= 0.6 is 11.6 Å². The fraction of sp³-hybridized carbons (Fsp3) is 0.308. The van der Waals surface area contributed by atoms with Crippen LogP contribution in [0, 0.1) is 5.82 Å². The Bertz CT molecular complexity index is 1330. The summed E-state index contributed by atoms with van der Waals surface area (Å²) in [4.78, 5) is 32.0. The third-order valence-electron chi connectivity index (χ3n) is 5.45. The number of aromatic nitrogens is 2. The van der Waals surface area contributed by atoms with Crippen LogP contribution in [0.4, 0.5) is 34.6 Å². The van der Waals surface area contributed by atoms with Gasteiger partial charge < -0.3 is 26.0 Å². The molecular weight excluding hydrogens is 556 g/mol. The number of ether oxygens (including phenoxy) is 1. The summed E-state index contributed by atoms with van der Waals surface area (Å²) < 4.78 is 59.7. The van der Waals surface area contributed by atoms with Crippen LogP contribution in [0.2, 0.25) is 5.02 Å². The van der Waals surface area contributed by atoms with Gasteiger partial charge in [0.05, 0.1) is 53.2 Å². The van der Waals surface area contributed by atoms with Gasteiger partial charge in [0.1, 0.15) is 5.82 Å². The minimum Gasteiger partial charge on any atom is -0.387 e. The van der Waals surface area contributed by atoms with E-state index in [4.69, 9.17) is 16.3 Å². The molecule has 0 bridgehead atoms. The molecule has 0 aliphatic heterocycles. The molecule has 0 aliphatic rings. The average molecular weight is 583 g/mol. The minimum absolute atomic E-state index is 0.00635. The Morgan fingerprint density at radius 1 is 1.02 bits per heavy atom. The van der Waals surface area contributed by atoms with Gasteiger partial charge >= 0.3 is 6.18 Å².